The molecule has 0 bridgehead atoms. The SMILES string of the molecule is Cc1cc(OC(C)c2cccc3cn(-c4ccc(C(F)(F)F)cc4)nc23)ccc1CCC(=O)O. The van der Waals surface area contributed by atoms with Gasteiger partial charge in [0.25, 0.3) is 0 Å². The van der Waals surface area contributed by atoms with Crippen molar-refractivity contribution >= 4 is 16.9 Å². The maximum absolute atomic E-state index is 12.9. The summed E-state index contributed by atoms with van der Waals surface area (Å²) in [4.78, 5) is 10.8. The Hall–Kier alpha value is -3.81. The molecule has 0 aliphatic carbocycles. The molecule has 1 unspecified atom stereocenters. The van der Waals surface area contributed by atoms with Crippen molar-refractivity contribution in [1.29, 1.82) is 0 Å². The van der Waals surface area contributed by atoms with E-state index in [0.29, 0.717) is 23.4 Å². The van der Waals surface area contributed by atoms with Crippen molar-refractivity contribution in [3.05, 3.63) is 89.1 Å². The van der Waals surface area contributed by atoms with Crippen molar-refractivity contribution in [2.24, 2.45) is 0 Å². The fraction of sp³-hybridized carbons (Fsp3) is 0.231. The van der Waals surface area contributed by atoms with Crippen LogP contribution in [0.2, 0.25) is 0 Å². The normalized spacial score (nSPS) is 12.6. The van der Waals surface area contributed by atoms with E-state index in [0.717, 1.165) is 34.2 Å². The van der Waals surface area contributed by atoms with E-state index in [-0.39, 0.29) is 12.5 Å². The average molecular weight is 468 g/mol. The molecule has 8 heteroatoms. The summed E-state index contributed by atoms with van der Waals surface area (Å²) in [6.07, 6.45) is -2.43. The molecule has 0 saturated heterocycles. The Morgan fingerprint density at radius 1 is 1.12 bits per heavy atom. The number of carbonyl (C=O) groups is 1. The van der Waals surface area contributed by atoms with Gasteiger partial charge in [0.15, 0.2) is 0 Å². The molecule has 34 heavy (non-hydrogen) atoms. The highest BCUT2D eigenvalue weighted by Crippen LogP contribution is 2.31. The van der Waals surface area contributed by atoms with Crippen LogP contribution in [0.4, 0.5) is 13.2 Å². The molecule has 0 saturated carbocycles. The molecule has 4 aromatic rings. The first kappa shape index (κ1) is 23.4. The van der Waals surface area contributed by atoms with Crippen LogP contribution in [0.3, 0.4) is 0 Å². The first-order valence-electron chi connectivity index (χ1n) is 10.8. The van der Waals surface area contributed by atoms with Gasteiger partial charge in [-0.1, -0.05) is 24.3 Å². The summed E-state index contributed by atoms with van der Waals surface area (Å²) in [5.41, 5.74) is 3.27. The molecule has 0 fully saturated rings. The summed E-state index contributed by atoms with van der Waals surface area (Å²) in [6.45, 7) is 3.82. The van der Waals surface area contributed by atoms with Crippen LogP contribution in [-0.4, -0.2) is 20.9 Å². The van der Waals surface area contributed by atoms with Crippen LogP contribution in [0, 0.1) is 6.92 Å². The van der Waals surface area contributed by atoms with Gasteiger partial charge >= 0.3 is 12.1 Å². The van der Waals surface area contributed by atoms with E-state index < -0.39 is 17.7 Å². The molecule has 0 aliphatic rings. The molecule has 1 N–H and O–H groups in total. The van der Waals surface area contributed by atoms with Gasteiger partial charge in [0.1, 0.15) is 11.9 Å². The molecule has 1 heterocycles. The number of aliphatic carboxylic acids is 1. The smallest absolute Gasteiger partial charge is 0.416 e. The molecule has 4 rings (SSSR count). The van der Waals surface area contributed by atoms with E-state index in [9.17, 15) is 18.0 Å². The molecule has 3 aromatic carbocycles. The number of hydrogen-bond donors (Lipinski definition) is 1. The number of hydrogen-bond acceptors (Lipinski definition) is 3. The molecule has 0 aliphatic heterocycles. The topological polar surface area (TPSA) is 64.4 Å². The number of aromatic nitrogens is 2. The third kappa shape index (κ3) is 5.06. The highest BCUT2D eigenvalue weighted by Gasteiger charge is 2.30. The van der Waals surface area contributed by atoms with Gasteiger partial charge in [0.05, 0.1) is 16.8 Å². The third-order valence-corrected chi connectivity index (χ3v) is 5.70. The van der Waals surface area contributed by atoms with E-state index in [1.165, 1.54) is 12.1 Å². The van der Waals surface area contributed by atoms with Crippen LogP contribution >= 0.6 is 0 Å². The molecular formula is C26H23F3N2O3. The molecule has 0 radical (unpaired) electrons. The predicted octanol–water partition coefficient (Wildman–Crippen LogP) is 6.51. The lowest BCUT2D eigenvalue weighted by molar-refractivity contribution is -0.138. The van der Waals surface area contributed by atoms with E-state index in [2.05, 4.69) is 5.10 Å². The fourth-order valence-electron chi connectivity index (χ4n) is 3.86. The maximum atomic E-state index is 12.9. The van der Waals surface area contributed by atoms with Gasteiger partial charge in [-0.2, -0.15) is 18.3 Å². The van der Waals surface area contributed by atoms with Crippen LogP contribution in [0.15, 0.2) is 66.9 Å². The Morgan fingerprint density at radius 2 is 1.85 bits per heavy atom. The first-order valence-corrected chi connectivity index (χ1v) is 10.8. The van der Waals surface area contributed by atoms with Crippen molar-refractivity contribution in [1.82, 2.24) is 9.78 Å². The molecule has 0 amide bonds. The van der Waals surface area contributed by atoms with Crippen LogP contribution in [0.25, 0.3) is 16.6 Å². The van der Waals surface area contributed by atoms with Gasteiger partial charge in [0, 0.05) is 23.6 Å². The van der Waals surface area contributed by atoms with Crippen molar-refractivity contribution in [2.45, 2.75) is 39.0 Å². The Kier molecular flexibility index (Phi) is 6.32. The highest BCUT2D eigenvalue weighted by atomic mass is 19.4. The van der Waals surface area contributed by atoms with Crippen molar-refractivity contribution in [3.63, 3.8) is 0 Å². The quantitative estimate of drug-likeness (QED) is 0.336. The molecular weight excluding hydrogens is 445 g/mol. The number of nitrogens with zero attached hydrogens (tertiary/aromatic N) is 2. The molecule has 176 valence electrons. The van der Waals surface area contributed by atoms with Gasteiger partial charge in [-0.05, 0) is 67.8 Å². The number of carboxylic acid groups (broad SMARTS) is 1. The molecule has 0 spiro atoms. The fourth-order valence-corrected chi connectivity index (χ4v) is 3.86. The van der Waals surface area contributed by atoms with Gasteiger partial charge in [0.2, 0.25) is 0 Å². The van der Waals surface area contributed by atoms with Crippen LogP contribution in [0.5, 0.6) is 5.75 Å². The van der Waals surface area contributed by atoms with E-state index >= 15 is 0 Å². The minimum atomic E-state index is -4.39. The highest BCUT2D eigenvalue weighted by molar-refractivity contribution is 5.82. The Bertz CT molecular complexity index is 1330. The number of fused-ring (bicyclic) bond motifs is 1. The van der Waals surface area contributed by atoms with Gasteiger partial charge in [-0.3, -0.25) is 4.79 Å². The largest absolute Gasteiger partial charge is 0.486 e. The second kappa shape index (κ2) is 9.21. The zero-order valence-electron chi connectivity index (χ0n) is 18.6. The summed E-state index contributed by atoms with van der Waals surface area (Å²) in [5, 5.41) is 14.3. The summed E-state index contributed by atoms with van der Waals surface area (Å²) < 4.78 is 46.3. The van der Waals surface area contributed by atoms with Crippen molar-refractivity contribution < 1.29 is 27.8 Å². The number of alkyl halides is 3. The number of benzene rings is 3. The van der Waals surface area contributed by atoms with Gasteiger partial charge in [-0.25, -0.2) is 4.68 Å². The average Bonchev–Trinajstić information content (AvgIpc) is 3.22. The summed E-state index contributed by atoms with van der Waals surface area (Å²) in [7, 11) is 0. The van der Waals surface area contributed by atoms with Crippen molar-refractivity contribution in [3.8, 4) is 11.4 Å². The minimum absolute atomic E-state index is 0.0705. The third-order valence-electron chi connectivity index (χ3n) is 5.70. The zero-order valence-corrected chi connectivity index (χ0v) is 18.6. The lowest BCUT2D eigenvalue weighted by Crippen LogP contribution is -2.06. The lowest BCUT2D eigenvalue weighted by Gasteiger charge is -2.17. The molecule has 1 aromatic heterocycles. The monoisotopic (exact) mass is 468 g/mol. The lowest BCUT2D eigenvalue weighted by atomic mass is 10.0. The second-order valence-corrected chi connectivity index (χ2v) is 8.15. The van der Waals surface area contributed by atoms with E-state index in [4.69, 9.17) is 9.84 Å². The molecule has 1 atom stereocenters. The van der Waals surface area contributed by atoms with Crippen molar-refractivity contribution in [2.75, 3.05) is 0 Å². The number of aryl methyl sites for hydroxylation is 2. The molecule has 5 nitrogen and oxygen atoms in total. The predicted molar refractivity (Wildman–Crippen MR) is 122 cm³/mol. The zero-order chi connectivity index (χ0) is 24.5. The van der Waals surface area contributed by atoms with E-state index in [1.807, 2.05) is 50.2 Å². The second-order valence-electron chi connectivity index (χ2n) is 8.15. The number of halogens is 3. The standard InChI is InChI=1S/C26H23F3N2O3/c1-16-14-22(12-6-18(16)7-13-24(32)33)34-17(2)23-5-3-4-19-15-31(30-25(19)23)21-10-8-20(9-11-21)26(27,28)29/h3-6,8-12,14-15,17H,7,13H2,1-2H3,(H,32,33). The van der Waals surface area contributed by atoms with Crippen LogP contribution in [-0.2, 0) is 17.4 Å². The minimum Gasteiger partial charge on any atom is -0.486 e. The first-order chi connectivity index (χ1) is 16.1. The van der Waals surface area contributed by atoms with Crippen LogP contribution < -0.4 is 4.74 Å². The summed E-state index contributed by atoms with van der Waals surface area (Å²) in [5.74, 6) is -0.180. The Labute approximate surface area is 194 Å². The maximum Gasteiger partial charge on any atom is 0.416 e. The van der Waals surface area contributed by atoms with Gasteiger partial charge in [-0.15, -0.1) is 0 Å². The Balaban J connectivity index is 1.57. The number of rotatable bonds is 7. The summed E-state index contributed by atoms with van der Waals surface area (Å²) in [6, 6.07) is 16.1. The Morgan fingerprint density at radius 3 is 2.50 bits per heavy atom. The van der Waals surface area contributed by atoms with E-state index in [1.54, 1.807) is 10.9 Å². The number of carboxylic acids is 1. The van der Waals surface area contributed by atoms with Gasteiger partial charge < -0.3 is 9.84 Å². The number of ether oxygens (including phenoxy) is 1. The van der Waals surface area contributed by atoms with Crippen LogP contribution in [0.1, 0.15) is 41.7 Å². The summed E-state index contributed by atoms with van der Waals surface area (Å²) >= 11 is 0.